The van der Waals surface area contributed by atoms with Crippen LogP contribution in [0, 0.1) is 13.8 Å². The number of hydrogen-bond donors (Lipinski definition) is 2. The van der Waals surface area contributed by atoms with Crippen LogP contribution in [0.5, 0.6) is 0 Å². The molecule has 4 rings (SSSR count). The highest BCUT2D eigenvalue weighted by molar-refractivity contribution is 7.80. The number of aryl methyl sites for hydroxylation is 2. The Morgan fingerprint density at radius 2 is 1.91 bits per heavy atom. The van der Waals surface area contributed by atoms with Crippen molar-refractivity contribution in [1.29, 1.82) is 0 Å². The van der Waals surface area contributed by atoms with Gasteiger partial charge in [-0.15, -0.1) is 0 Å². The van der Waals surface area contributed by atoms with Crippen molar-refractivity contribution >= 4 is 33.9 Å². The molecule has 0 unspecified atom stereocenters. The number of fused-ring (bicyclic) bond motifs is 1. The van der Waals surface area contributed by atoms with E-state index in [-0.39, 0.29) is 5.56 Å². The summed E-state index contributed by atoms with van der Waals surface area (Å²) in [6.07, 6.45) is 0. The number of morpholine rings is 1. The van der Waals surface area contributed by atoms with Gasteiger partial charge in [0.2, 0.25) is 0 Å². The summed E-state index contributed by atoms with van der Waals surface area (Å²) in [4.78, 5) is 20.5. The lowest BCUT2D eigenvalue weighted by Gasteiger charge is -2.31. The van der Waals surface area contributed by atoms with Gasteiger partial charge in [0, 0.05) is 37.4 Å². The number of rotatable bonds is 6. The summed E-state index contributed by atoms with van der Waals surface area (Å²) in [5.74, 6) is 0. The van der Waals surface area contributed by atoms with E-state index in [0.29, 0.717) is 17.2 Å². The molecule has 0 spiro atoms. The van der Waals surface area contributed by atoms with Crippen LogP contribution in [0.2, 0.25) is 0 Å². The maximum Gasteiger partial charge on any atom is 0.253 e. The number of nitrogens with zero attached hydrogens (tertiary/aromatic N) is 2. The van der Waals surface area contributed by atoms with Crippen LogP contribution in [0.25, 0.3) is 10.9 Å². The number of pyridine rings is 1. The molecule has 0 amide bonds. The number of ether oxygens (including phenoxy) is 1. The number of hydrogen-bond acceptors (Lipinski definition) is 4. The molecule has 1 aromatic heterocycles. The van der Waals surface area contributed by atoms with Crippen LogP contribution >= 0.6 is 12.2 Å². The minimum atomic E-state index is -0.0664. The highest BCUT2D eigenvalue weighted by atomic mass is 32.1. The van der Waals surface area contributed by atoms with Crippen LogP contribution in [0.3, 0.4) is 0 Å². The summed E-state index contributed by atoms with van der Waals surface area (Å²) in [5, 5.41) is 4.99. The van der Waals surface area contributed by atoms with Gasteiger partial charge in [-0.3, -0.25) is 9.69 Å². The third-order valence-electron chi connectivity index (χ3n) is 5.83. The molecule has 0 radical (unpaired) electrons. The van der Waals surface area contributed by atoms with Gasteiger partial charge < -0.3 is 19.9 Å². The molecule has 2 N–H and O–H groups in total. The first-order valence-electron chi connectivity index (χ1n) is 11.0. The molecule has 0 saturated carbocycles. The normalized spacial score (nSPS) is 14.4. The molecule has 1 fully saturated rings. The molecule has 32 heavy (non-hydrogen) atoms. The van der Waals surface area contributed by atoms with Gasteiger partial charge in [0.25, 0.3) is 5.56 Å². The molecule has 7 heteroatoms. The standard InChI is InChI=1S/C25H30N4O2S/c1-18-14-19(2)23-20(15-18)16-21(24(30)27-23)17-29(9-8-28-10-12-31-13-11-28)25(32)26-22-6-4-3-5-7-22/h3-7,14-16H,8-13,17H2,1-2H3,(H,26,32)(H,27,30). The van der Waals surface area contributed by atoms with Crippen molar-refractivity contribution in [2.45, 2.75) is 20.4 Å². The summed E-state index contributed by atoms with van der Waals surface area (Å²) in [6.45, 7) is 9.49. The Labute approximate surface area is 194 Å². The minimum Gasteiger partial charge on any atom is -0.379 e. The van der Waals surface area contributed by atoms with Crippen molar-refractivity contribution in [3.63, 3.8) is 0 Å². The molecular weight excluding hydrogens is 420 g/mol. The number of H-pyrrole nitrogens is 1. The molecule has 2 heterocycles. The van der Waals surface area contributed by atoms with E-state index in [1.165, 1.54) is 5.56 Å². The van der Waals surface area contributed by atoms with Crippen molar-refractivity contribution in [2.24, 2.45) is 0 Å². The van der Waals surface area contributed by atoms with E-state index in [1.807, 2.05) is 43.3 Å². The Balaban J connectivity index is 1.57. The fraction of sp³-hybridized carbons (Fsp3) is 0.360. The molecule has 6 nitrogen and oxygen atoms in total. The minimum absolute atomic E-state index is 0.0664. The van der Waals surface area contributed by atoms with E-state index >= 15 is 0 Å². The number of thiocarbonyl (C=S) groups is 1. The number of nitrogens with one attached hydrogen (secondary N) is 2. The van der Waals surface area contributed by atoms with Crippen molar-refractivity contribution in [1.82, 2.24) is 14.8 Å². The highest BCUT2D eigenvalue weighted by Gasteiger charge is 2.17. The second-order valence-electron chi connectivity index (χ2n) is 8.34. The highest BCUT2D eigenvalue weighted by Crippen LogP contribution is 2.19. The Morgan fingerprint density at radius 3 is 2.66 bits per heavy atom. The van der Waals surface area contributed by atoms with E-state index in [4.69, 9.17) is 17.0 Å². The van der Waals surface area contributed by atoms with Crippen LogP contribution in [0.15, 0.2) is 53.3 Å². The molecule has 1 aliphatic heterocycles. The maximum absolute atomic E-state index is 12.9. The first-order valence-corrected chi connectivity index (χ1v) is 11.4. The van der Waals surface area contributed by atoms with Crippen LogP contribution in [-0.2, 0) is 11.3 Å². The third kappa shape index (κ3) is 5.54. The van der Waals surface area contributed by atoms with Crippen molar-refractivity contribution in [3.05, 3.63) is 75.6 Å². The predicted molar refractivity (Wildman–Crippen MR) is 134 cm³/mol. The average Bonchev–Trinajstić information content (AvgIpc) is 2.78. The lowest BCUT2D eigenvalue weighted by atomic mass is 10.1. The van der Waals surface area contributed by atoms with Gasteiger partial charge >= 0.3 is 0 Å². The van der Waals surface area contributed by atoms with Gasteiger partial charge in [-0.2, -0.15) is 0 Å². The number of aromatic amines is 1. The van der Waals surface area contributed by atoms with Gasteiger partial charge in [-0.05, 0) is 61.3 Å². The average molecular weight is 451 g/mol. The summed E-state index contributed by atoms with van der Waals surface area (Å²) < 4.78 is 5.47. The molecular formula is C25H30N4O2S. The number of anilines is 1. The Kier molecular flexibility index (Phi) is 7.19. The second kappa shape index (κ2) is 10.3. The van der Waals surface area contributed by atoms with E-state index in [0.717, 1.165) is 61.5 Å². The number of aromatic nitrogens is 1. The zero-order valence-corrected chi connectivity index (χ0v) is 19.5. The van der Waals surface area contributed by atoms with Crippen LogP contribution in [-0.4, -0.2) is 59.3 Å². The zero-order chi connectivity index (χ0) is 22.5. The van der Waals surface area contributed by atoms with Crippen molar-refractivity contribution in [2.75, 3.05) is 44.7 Å². The summed E-state index contributed by atoms with van der Waals surface area (Å²) in [5.41, 5.74) is 4.74. The molecule has 168 valence electrons. The van der Waals surface area contributed by atoms with E-state index in [9.17, 15) is 4.79 Å². The lowest BCUT2D eigenvalue weighted by molar-refractivity contribution is 0.0358. The quantitative estimate of drug-likeness (QED) is 0.559. The van der Waals surface area contributed by atoms with Crippen molar-refractivity contribution in [3.8, 4) is 0 Å². The van der Waals surface area contributed by atoms with Crippen LogP contribution in [0.4, 0.5) is 5.69 Å². The molecule has 0 atom stereocenters. The molecule has 0 aliphatic carbocycles. The van der Waals surface area contributed by atoms with E-state index < -0.39 is 0 Å². The Bertz CT molecular complexity index is 1140. The molecule has 1 aliphatic rings. The smallest absolute Gasteiger partial charge is 0.253 e. The molecule has 0 bridgehead atoms. The predicted octanol–water partition coefficient (Wildman–Crippen LogP) is 3.68. The van der Waals surface area contributed by atoms with E-state index in [1.54, 1.807) is 0 Å². The zero-order valence-electron chi connectivity index (χ0n) is 18.7. The first kappa shape index (κ1) is 22.5. The summed E-state index contributed by atoms with van der Waals surface area (Å²) >= 11 is 5.76. The van der Waals surface area contributed by atoms with Gasteiger partial charge in [-0.25, -0.2) is 0 Å². The van der Waals surface area contributed by atoms with Crippen molar-refractivity contribution < 1.29 is 4.74 Å². The third-order valence-corrected chi connectivity index (χ3v) is 6.19. The summed E-state index contributed by atoms with van der Waals surface area (Å²) in [7, 11) is 0. The SMILES string of the molecule is Cc1cc(C)c2[nH]c(=O)c(CN(CCN3CCOCC3)C(=S)Nc3ccccc3)cc2c1. The Morgan fingerprint density at radius 1 is 1.16 bits per heavy atom. The second-order valence-corrected chi connectivity index (χ2v) is 8.73. The van der Waals surface area contributed by atoms with E-state index in [2.05, 4.69) is 39.2 Å². The fourth-order valence-corrected chi connectivity index (χ4v) is 4.39. The van der Waals surface area contributed by atoms with Crippen LogP contribution in [0.1, 0.15) is 16.7 Å². The van der Waals surface area contributed by atoms with Gasteiger partial charge in [0.05, 0.1) is 25.3 Å². The molecule has 2 aromatic carbocycles. The molecule has 3 aromatic rings. The number of benzene rings is 2. The Hall–Kier alpha value is -2.74. The summed E-state index contributed by atoms with van der Waals surface area (Å²) in [6, 6.07) is 16.1. The lowest BCUT2D eigenvalue weighted by Crippen LogP contribution is -2.44. The van der Waals surface area contributed by atoms with Crippen LogP contribution < -0.4 is 10.9 Å². The van der Waals surface area contributed by atoms with Gasteiger partial charge in [-0.1, -0.05) is 29.8 Å². The van der Waals surface area contributed by atoms with Gasteiger partial charge in [0.1, 0.15) is 0 Å². The first-order chi connectivity index (χ1) is 15.5. The maximum atomic E-state index is 12.9. The monoisotopic (exact) mass is 450 g/mol. The topological polar surface area (TPSA) is 60.6 Å². The molecule has 1 saturated heterocycles. The fourth-order valence-electron chi connectivity index (χ4n) is 4.12. The number of para-hydroxylation sites is 1. The largest absolute Gasteiger partial charge is 0.379 e. The van der Waals surface area contributed by atoms with Gasteiger partial charge in [0.15, 0.2) is 5.11 Å².